The number of piperidine rings is 1. The van der Waals surface area contributed by atoms with E-state index in [2.05, 4.69) is 0 Å². The first-order valence-electron chi connectivity index (χ1n) is 4.69. The van der Waals surface area contributed by atoms with E-state index >= 15 is 0 Å². The molecule has 0 aromatic rings. The standard InChI is InChI=1S/C9H17NO3/c1-3-13-9-6-4-5-8(11)10(9)7-12-2/h9H,3-7H2,1-2H3. The van der Waals surface area contributed by atoms with Crippen LogP contribution in [-0.2, 0) is 14.3 Å². The van der Waals surface area contributed by atoms with Gasteiger partial charge < -0.3 is 9.47 Å². The van der Waals surface area contributed by atoms with Gasteiger partial charge in [0.1, 0.15) is 13.0 Å². The van der Waals surface area contributed by atoms with Crippen LogP contribution in [0.15, 0.2) is 0 Å². The van der Waals surface area contributed by atoms with Crippen LogP contribution < -0.4 is 0 Å². The van der Waals surface area contributed by atoms with Crippen molar-refractivity contribution in [1.82, 2.24) is 4.90 Å². The zero-order valence-corrected chi connectivity index (χ0v) is 8.28. The highest BCUT2D eigenvalue weighted by Crippen LogP contribution is 2.18. The lowest BCUT2D eigenvalue weighted by molar-refractivity contribution is -0.163. The van der Waals surface area contributed by atoms with Crippen LogP contribution in [0.3, 0.4) is 0 Å². The van der Waals surface area contributed by atoms with Crippen LogP contribution >= 0.6 is 0 Å². The van der Waals surface area contributed by atoms with E-state index in [1.807, 2.05) is 6.92 Å². The van der Waals surface area contributed by atoms with Gasteiger partial charge in [-0.3, -0.25) is 9.69 Å². The Kier molecular flexibility index (Phi) is 4.18. The molecule has 0 bridgehead atoms. The monoisotopic (exact) mass is 187 g/mol. The molecule has 0 aromatic carbocycles. The third kappa shape index (κ3) is 2.67. The van der Waals surface area contributed by atoms with Gasteiger partial charge in [0.15, 0.2) is 0 Å². The number of carbonyl (C=O) groups is 1. The molecule has 1 saturated heterocycles. The normalized spacial score (nSPS) is 23.7. The molecular formula is C9H17NO3. The lowest BCUT2D eigenvalue weighted by Crippen LogP contribution is -2.46. The van der Waals surface area contributed by atoms with Gasteiger partial charge in [-0.05, 0) is 19.8 Å². The Morgan fingerprint density at radius 1 is 1.62 bits per heavy atom. The maximum absolute atomic E-state index is 11.4. The van der Waals surface area contributed by atoms with Crippen molar-refractivity contribution in [3.05, 3.63) is 0 Å². The number of ether oxygens (including phenoxy) is 2. The fourth-order valence-corrected chi connectivity index (χ4v) is 1.55. The van der Waals surface area contributed by atoms with Crippen molar-refractivity contribution < 1.29 is 14.3 Å². The lowest BCUT2D eigenvalue weighted by atomic mass is 10.1. The number of carbonyl (C=O) groups excluding carboxylic acids is 1. The van der Waals surface area contributed by atoms with Gasteiger partial charge in [0.25, 0.3) is 0 Å². The largest absolute Gasteiger partial charge is 0.364 e. The number of rotatable bonds is 4. The molecule has 0 aromatic heterocycles. The van der Waals surface area contributed by atoms with E-state index in [0.29, 0.717) is 19.8 Å². The number of likely N-dealkylation sites (tertiary alicyclic amines) is 1. The van der Waals surface area contributed by atoms with Gasteiger partial charge in [0.05, 0.1) is 0 Å². The van der Waals surface area contributed by atoms with Crippen LogP contribution in [0.2, 0.25) is 0 Å². The second-order valence-electron chi connectivity index (χ2n) is 3.08. The summed E-state index contributed by atoms with van der Waals surface area (Å²) in [7, 11) is 1.59. The lowest BCUT2D eigenvalue weighted by Gasteiger charge is -2.34. The molecule has 0 spiro atoms. The zero-order chi connectivity index (χ0) is 9.68. The Morgan fingerprint density at radius 2 is 2.38 bits per heavy atom. The van der Waals surface area contributed by atoms with Crippen LogP contribution in [0.5, 0.6) is 0 Å². The second-order valence-corrected chi connectivity index (χ2v) is 3.08. The molecule has 1 atom stereocenters. The summed E-state index contributed by atoms with van der Waals surface area (Å²) >= 11 is 0. The van der Waals surface area contributed by atoms with Gasteiger partial charge in [-0.1, -0.05) is 0 Å². The molecule has 1 amide bonds. The van der Waals surface area contributed by atoms with Gasteiger partial charge in [0, 0.05) is 20.1 Å². The molecule has 4 nitrogen and oxygen atoms in total. The molecular weight excluding hydrogens is 170 g/mol. The summed E-state index contributed by atoms with van der Waals surface area (Å²) < 4.78 is 10.4. The average Bonchev–Trinajstić information content (AvgIpc) is 2.11. The Labute approximate surface area is 78.8 Å². The van der Waals surface area contributed by atoms with E-state index in [0.717, 1.165) is 12.8 Å². The van der Waals surface area contributed by atoms with Crippen molar-refractivity contribution in [3.8, 4) is 0 Å². The molecule has 13 heavy (non-hydrogen) atoms. The summed E-state index contributed by atoms with van der Waals surface area (Å²) in [5.74, 6) is 0.131. The van der Waals surface area contributed by atoms with Crippen molar-refractivity contribution in [2.45, 2.75) is 32.4 Å². The molecule has 0 N–H and O–H groups in total. The van der Waals surface area contributed by atoms with Crippen molar-refractivity contribution in [2.24, 2.45) is 0 Å². The first-order chi connectivity index (χ1) is 6.29. The number of methoxy groups -OCH3 is 1. The summed E-state index contributed by atoms with van der Waals surface area (Å²) in [6, 6.07) is 0. The van der Waals surface area contributed by atoms with Gasteiger partial charge in [-0.2, -0.15) is 0 Å². The molecule has 0 saturated carbocycles. The molecule has 1 rings (SSSR count). The summed E-state index contributed by atoms with van der Waals surface area (Å²) in [6.07, 6.45) is 2.38. The van der Waals surface area contributed by atoms with Crippen molar-refractivity contribution in [3.63, 3.8) is 0 Å². The zero-order valence-electron chi connectivity index (χ0n) is 8.28. The van der Waals surface area contributed by atoms with Crippen molar-refractivity contribution >= 4 is 5.91 Å². The van der Waals surface area contributed by atoms with E-state index in [1.165, 1.54) is 0 Å². The molecule has 1 aliphatic heterocycles. The number of nitrogens with zero attached hydrogens (tertiary/aromatic N) is 1. The first kappa shape index (κ1) is 10.5. The maximum Gasteiger partial charge on any atom is 0.226 e. The Bertz CT molecular complexity index is 170. The van der Waals surface area contributed by atoms with Crippen LogP contribution in [0.1, 0.15) is 26.2 Å². The number of hydrogen-bond acceptors (Lipinski definition) is 3. The van der Waals surface area contributed by atoms with Crippen molar-refractivity contribution in [1.29, 1.82) is 0 Å². The first-order valence-corrected chi connectivity index (χ1v) is 4.69. The van der Waals surface area contributed by atoms with E-state index < -0.39 is 0 Å². The molecule has 0 aliphatic carbocycles. The highest BCUT2D eigenvalue weighted by molar-refractivity contribution is 5.76. The molecule has 0 radical (unpaired) electrons. The van der Waals surface area contributed by atoms with E-state index in [4.69, 9.17) is 9.47 Å². The topological polar surface area (TPSA) is 38.8 Å². The van der Waals surface area contributed by atoms with E-state index in [1.54, 1.807) is 12.0 Å². The number of amides is 1. The third-order valence-corrected chi connectivity index (χ3v) is 2.14. The Morgan fingerprint density at radius 3 is 3.00 bits per heavy atom. The molecule has 76 valence electrons. The Hall–Kier alpha value is -0.610. The van der Waals surface area contributed by atoms with E-state index in [-0.39, 0.29) is 12.1 Å². The molecule has 4 heteroatoms. The predicted octanol–water partition coefficient (Wildman–Crippen LogP) is 0.965. The smallest absolute Gasteiger partial charge is 0.226 e. The van der Waals surface area contributed by atoms with Gasteiger partial charge >= 0.3 is 0 Å². The third-order valence-electron chi connectivity index (χ3n) is 2.14. The van der Waals surface area contributed by atoms with Crippen LogP contribution in [-0.4, -0.2) is 37.5 Å². The minimum absolute atomic E-state index is 0.0776. The van der Waals surface area contributed by atoms with Crippen LogP contribution in [0, 0.1) is 0 Å². The van der Waals surface area contributed by atoms with E-state index in [9.17, 15) is 4.79 Å². The molecule has 1 aliphatic rings. The molecule has 1 unspecified atom stereocenters. The SMILES string of the molecule is CCOC1CCCC(=O)N1COC. The average molecular weight is 187 g/mol. The fourth-order valence-electron chi connectivity index (χ4n) is 1.55. The van der Waals surface area contributed by atoms with Gasteiger partial charge in [-0.25, -0.2) is 0 Å². The molecule has 1 fully saturated rings. The van der Waals surface area contributed by atoms with Crippen molar-refractivity contribution in [2.75, 3.05) is 20.4 Å². The van der Waals surface area contributed by atoms with Gasteiger partial charge in [0.2, 0.25) is 5.91 Å². The second kappa shape index (κ2) is 5.19. The maximum atomic E-state index is 11.4. The quantitative estimate of drug-likeness (QED) is 0.658. The highest BCUT2D eigenvalue weighted by atomic mass is 16.5. The highest BCUT2D eigenvalue weighted by Gasteiger charge is 2.27. The van der Waals surface area contributed by atoms with Crippen LogP contribution in [0.25, 0.3) is 0 Å². The molecule has 1 heterocycles. The summed E-state index contributed by atoms with van der Waals surface area (Å²) in [4.78, 5) is 13.1. The number of hydrogen-bond donors (Lipinski definition) is 0. The van der Waals surface area contributed by atoms with Crippen LogP contribution in [0.4, 0.5) is 0 Å². The summed E-state index contributed by atoms with van der Waals surface area (Å²) in [5, 5.41) is 0. The summed E-state index contributed by atoms with van der Waals surface area (Å²) in [6.45, 7) is 2.91. The minimum atomic E-state index is -0.0776. The predicted molar refractivity (Wildman–Crippen MR) is 48.0 cm³/mol. The minimum Gasteiger partial charge on any atom is -0.364 e. The summed E-state index contributed by atoms with van der Waals surface area (Å²) in [5.41, 5.74) is 0. The van der Waals surface area contributed by atoms with Gasteiger partial charge in [-0.15, -0.1) is 0 Å². The fraction of sp³-hybridized carbons (Fsp3) is 0.889. The Balaban J connectivity index is 2.51.